The van der Waals surface area contributed by atoms with Crippen LogP contribution in [-0.2, 0) is 0 Å². The first kappa shape index (κ1) is 10.2. The van der Waals surface area contributed by atoms with E-state index in [0.29, 0.717) is 0 Å². The molecule has 0 saturated carbocycles. The molecule has 0 aromatic rings. The van der Waals surface area contributed by atoms with Crippen molar-refractivity contribution >= 4 is 8.07 Å². The van der Waals surface area contributed by atoms with Gasteiger partial charge in [-0.15, -0.1) is 0 Å². The molecule has 0 atom stereocenters. The summed E-state index contributed by atoms with van der Waals surface area (Å²) < 4.78 is 0. The molecule has 0 rings (SSSR count). The average Bonchev–Trinajstić information content (AvgIpc) is 1.81. The lowest BCUT2D eigenvalue weighted by Crippen LogP contribution is -2.28. The zero-order valence-corrected chi connectivity index (χ0v) is 9.07. The average molecular weight is 159 g/mol. The highest BCUT2D eigenvalue weighted by Crippen LogP contribution is 2.07. The molecule has 0 heterocycles. The van der Waals surface area contributed by atoms with E-state index in [1.807, 2.05) is 0 Å². The van der Waals surface area contributed by atoms with E-state index in [2.05, 4.69) is 38.5 Å². The Balaban J connectivity index is 3.36. The standard InChI is InChI=1S/C8H21NSi/c1-6-9(2)7-8-10(3,4)5/h6-8H2,1-5H3. The van der Waals surface area contributed by atoms with Crippen molar-refractivity contribution in [1.29, 1.82) is 0 Å². The summed E-state index contributed by atoms with van der Waals surface area (Å²) >= 11 is 0. The van der Waals surface area contributed by atoms with Gasteiger partial charge in [-0.3, -0.25) is 0 Å². The van der Waals surface area contributed by atoms with Crippen LogP contribution >= 0.6 is 0 Å². The monoisotopic (exact) mass is 159 g/mol. The molecule has 0 aliphatic carbocycles. The Morgan fingerprint density at radius 1 is 1.20 bits per heavy atom. The van der Waals surface area contributed by atoms with Gasteiger partial charge in [0, 0.05) is 8.07 Å². The Kier molecular flexibility index (Phi) is 4.21. The maximum Gasteiger partial charge on any atom is 0.0455 e. The molecule has 0 amide bonds. The summed E-state index contributed by atoms with van der Waals surface area (Å²) in [4.78, 5) is 2.39. The first-order valence-electron chi connectivity index (χ1n) is 4.14. The van der Waals surface area contributed by atoms with Gasteiger partial charge in [-0.25, -0.2) is 0 Å². The maximum atomic E-state index is 2.43. The lowest BCUT2D eigenvalue weighted by atomic mass is 10.6. The van der Waals surface area contributed by atoms with Crippen molar-refractivity contribution in [2.24, 2.45) is 0 Å². The van der Waals surface area contributed by atoms with Crippen LogP contribution in [-0.4, -0.2) is 33.1 Å². The zero-order chi connectivity index (χ0) is 8.20. The molecule has 0 aliphatic rings. The van der Waals surface area contributed by atoms with Crippen LogP contribution in [0.5, 0.6) is 0 Å². The molecular formula is C8H21NSi. The Hall–Kier alpha value is 0.177. The molecule has 0 bridgehead atoms. The minimum Gasteiger partial charge on any atom is -0.307 e. The third kappa shape index (κ3) is 6.30. The predicted molar refractivity (Wildman–Crippen MR) is 51.3 cm³/mol. The lowest BCUT2D eigenvalue weighted by Gasteiger charge is -2.20. The summed E-state index contributed by atoms with van der Waals surface area (Å²) in [6.45, 7) is 12.0. The van der Waals surface area contributed by atoms with Gasteiger partial charge in [-0.05, 0) is 26.2 Å². The van der Waals surface area contributed by atoms with Crippen molar-refractivity contribution in [3.05, 3.63) is 0 Å². The molecule has 0 saturated heterocycles. The molecule has 0 spiro atoms. The van der Waals surface area contributed by atoms with Crippen molar-refractivity contribution in [2.45, 2.75) is 32.6 Å². The predicted octanol–water partition coefficient (Wildman–Crippen LogP) is 2.28. The Morgan fingerprint density at radius 3 is 2.00 bits per heavy atom. The van der Waals surface area contributed by atoms with E-state index in [-0.39, 0.29) is 0 Å². The minimum absolute atomic E-state index is 0.778. The van der Waals surface area contributed by atoms with Gasteiger partial charge in [-0.1, -0.05) is 26.6 Å². The first-order valence-corrected chi connectivity index (χ1v) is 7.85. The Bertz CT molecular complexity index is 85.7. The van der Waals surface area contributed by atoms with Gasteiger partial charge in [0.25, 0.3) is 0 Å². The third-order valence-corrected chi connectivity index (χ3v) is 3.51. The van der Waals surface area contributed by atoms with Gasteiger partial charge in [0.15, 0.2) is 0 Å². The van der Waals surface area contributed by atoms with E-state index in [4.69, 9.17) is 0 Å². The molecule has 62 valence electrons. The molecule has 2 heteroatoms. The van der Waals surface area contributed by atoms with Gasteiger partial charge in [0.2, 0.25) is 0 Å². The third-order valence-electron chi connectivity index (χ3n) is 1.78. The molecule has 1 nitrogen and oxygen atoms in total. The normalized spacial score (nSPS) is 12.6. The fourth-order valence-electron chi connectivity index (χ4n) is 0.684. The van der Waals surface area contributed by atoms with Gasteiger partial charge >= 0.3 is 0 Å². The SMILES string of the molecule is CCN(C)CC[Si](C)(C)C. The van der Waals surface area contributed by atoms with E-state index in [0.717, 1.165) is 0 Å². The van der Waals surface area contributed by atoms with Crippen LogP contribution < -0.4 is 0 Å². The number of hydrogen-bond acceptors (Lipinski definition) is 1. The maximum absolute atomic E-state index is 2.43. The summed E-state index contributed by atoms with van der Waals surface area (Å²) in [5, 5.41) is 0. The largest absolute Gasteiger partial charge is 0.307 e. The smallest absolute Gasteiger partial charge is 0.0455 e. The van der Waals surface area contributed by atoms with E-state index < -0.39 is 8.07 Å². The van der Waals surface area contributed by atoms with Crippen LogP contribution in [0.25, 0.3) is 0 Å². The van der Waals surface area contributed by atoms with E-state index in [9.17, 15) is 0 Å². The summed E-state index contributed by atoms with van der Waals surface area (Å²) in [6.07, 6.45) is 0. The Labute approximate surface area is 66.4 Å². The highest BCUT2D eigenvalue weighted by atomic mass is 28.3. The van der Waals surface area contributed by atoms with Gasteiger partial charge < -0.3 is 4.90 Å². The molecule has 0 radical (unpaired) electrons. The number of hydrogen-bond donors (Lipinski definition) is 0. The topological polar surface area (TPSA) is 3.24 Å². The summed E-state index contributed by atoms with van der Waals surface area (Å²) in [6, 6.07) is 1.43. The van der Waals surface area contributed by atoms with Crippen molar-refractivity contribution in [3.63, 3.8) is 0 Å². The van der Waals surface area contributed by atoms with Crippen molar-refractivity contribution in [1.82, 2.24) is 4.90 Å². The summed E-state index contributed by atoms with van der Waals surface area (Å²) in [5.41, 5.74) is 0. The highest BCUT2D eigenvalue weighted by Gasteiger charge is 2.12. The Morgan fingerprint density at radius 2 is 1.70 bits per heavy atom. The minimum atomic E-state index is -0.778. The summed E-state index contributed by atoms with van der Waals surface area (Å²) in [7, 11) is 1.42. The second kappa shape index (κ2) is 4.14. The van der Waals surface area contributed by atoms with Crippen molar-refractivity contribution < 1.29 is 0 Å². The van der Waals surface area contributed by atoms with Crippen LogP contribution in [0, 0.1) is 0 Å². The quantitative estimate of drug-likeness (QED) is 0.569. The first-order chi connectivity index (χ1) is 4.45. The lowest BCUT2D eigenvalue weighted by molar-refractivity contribution is 0.372. The number of rotatable bonds is 4. The number of nitrogens with zero attached hydrogens (tertiary/aromatic N) is 1. The van der Waals surface area contributed by atoms with E-state index in [1.54, 1.807) is 0 Å². The van der Waals surface area contributed by atoms with Gasteiger partial charge in [-0.2, -0.15) is 0 Å². The van der Waals surface area contributed by atoms with Crippen LogP contribution in [0.3, 0.4) is 0 Å². The second-order valence-electron chi connectivity index (χ2n) is 4.21. The molecule has 0 aliphatic heterocycles. The fourth-order valence-corrected chi connectivity index (χ4v) is 1.74. The molecule has 0 aromatic carbocycles. The molecule has 0 fully saturated rings. The second-order valence-corrected chi connectivity index (χ2v) is 9.83. The van der Waals surface area contributed by atoms with Gasteiger partial charge in [0.1, 0.15) is 0 Å². The fraction of sp³-hybridized carbons (Fsp3) is 1.00. The van der Waals surface area contributed by atoms with E-state index >= 15 is 0 Å². The van der Waals surface area contributed by atoms with Crippen molar-refractivity contribution in [3.8, 4) is 0 Å². The van der Waals surface area contributed by atoms with Crippen LogP contribution in [0.4, 0.5) is 0 Å². The summed E-state index contributed by atoms with van der Waals surface area (Å²) in [5.74, 6) is 0. The highest BCUT2D eigenvalue weighted by molar-refractivity contribution is 6.76. The van der Waals surface area contributed by atoms with Crippen molar-refractivity contribution in [2.75, 3.05) is 20.1 Å². The van der Waals surface area contributed by atoms with Crippen LogP contribution in [0.2, 0.25) is 25.7 Å². The van der Waals surface area contributed by atoms with E-state index in [1.165, 1.54) is 19.1 Å². The van der Waals surface area contributed by atoms with Crippen LogP contribution in [0.1, 0.15) is 6.92 Å². The van der Waals surface area contributed by atoms with Crippen LogP contribution in [0.15, 0.2) is 0 Å². The molecule has 10 heavy (non-hydrogen) atoms. The van der Waals surface area contributed by atoms with Gasteiger partial charge in [0.05, 0.1) is 0 Å². The molecule has 0 aromatic heterocycles. The molecular weight excluding hydrogens is 138 g/mol. The zero-order valence-electron chi connectivity index (χ0n) is 8.07. The molecule has 0 N–H and O–H groups in total. The molecule has 0 unspecified atom stereocenters.